The van der Waals surface area contributed by atoms with E-state index in [4.69, 9.17) is 0 Å². The Morgan fingerprint density at radius 3 is 2.00 bits per heavy atom. The van der Waals surface area contributed by atoms with Crippen LogP contribution in [-0.4, -0.2) is 15.0 Å². The molecule has 0 bridgehead atoms. The predicted octanol–water partition coefficient (Wildman–Crippen LogP) is 3.44. The maximum absolute atomic E-state index is 13.9. The number of aryl methyl sites for hydroxylation is 1. The smallest absolute Gasteiger partial charge is 0.265 e. The Kier molecular flexibility index (Phi) is 4.37. The summed E-state index contributed by atoms with van der Waals surface area (Å²) >= 11 is 0. The molecule has 0 amide bonds. The molecule has 1 aromatic rings. The molecule has 0 N–H and O–H groups in total. The zero-order valence-electron chi connectivity index (χ0n) is 11.4. The molecule has 0 saturated carbocycles. The minimum Gasteiger partial charge on any atom is -0.265 e. The van der Waals surface area contributed by atoms with Gasteiger partial charge in [-0.15, -0.1) is 0 Å². The van der Waals surface area contributed by atoms with Gasteiger partial charge >= 0.3 is 15.4 Å². The third-order valence-electron chi connectivity index (χ3n) is 2.35. The molecule has 3 nitrogen and oxygen atoms in total. The van der Waals surface area contributed by atoms with Crippen molar-refractivity contribution in [3.63, 3.8) is 0 Å². The topological polar surface area (TPSA) is 43.4 Å². The van der Waals surface area contributed by atoms with Crippen LogP contribution >= 0.6 is 0 Å². The quantitative estimate of drug-likeness (QED) is 0.798. The summed E-state index contributed by atoms with van der Waals surface area (Å²) < 4.78 is 55.5. The minimum absolute atomic E-state index is 0.295. The van der Waals surface area contributed by atoms with E-state index in [0.29, 0.717) is 0 Å². The molecular weight excluding hydrogens is 274 g/mol. The Hall–Kier alpha value is -1.01. The van der Waals surface area contributed by atoms with Crippen molar-refractivity contribution in [1.82, 2.24) is 0 Å². The van der Waals surface area contributed by atoms with E-state index >= 15 is 0 Å². The molecule has 0 heterocycles. The number of benzene rings is 1. The van der Waals surface area contributed by atoms with Crippen LogP contribution < -0.4 is 0 Å². The average molecular weight is 292 g/mol. The molecule has 0 radical (unpaired) electrons. The first-order valence-corrected chi connectivity index (χ1v) is 7.20. The van der Waals surface area contributed by atoms with Crippen LogP contribution in [0, 0.1) is 12.3 Å². The third kappa shape index (κ3) is 3.98. The zero-order valence-corrected chi connectivity index (χ0v) is 12.2. The standard InChI is InChI=1S/C13H18F2O3S/c1-10-5-7-11(8-6-10)13(14,15)19(16,17)18-9-12(2,3)4/h5-8H,9H2,1-4H3. The molecule has 1 rings (SSSR count). The van der Waals surface area contributed by atoms with E-state index in [9.17, 15) is 17.2 Å². The maximum atomic E-state index is 13.9. The second kappa shape index (κ2) is 5.17. The maximum Gasteiger partial charge on any atom is 0.395 e. The van der Waals surface area contributed by atoms with Crippen molar-refractivity contribution in [2.75, 3.05) is 6.61 Å². The first-order chi connectivity index (χ1) is 8.46. The van der Waals surface area contributed by atoms with Crippen molar-refractivity contribution in [2.45, 2.75) is 32.9 Å². The lowest BCUT2D eigenvalue weighted by Crippen LogP contribution is -2.31. The summed E-state index contributed by atoms with van der Waals surface area (Å²) in [6.07, 6.45) is 0. The second-order valence-electron chi connectivity index (χ2n) is 5.66. The fourth-order valence-corrected chi connectivity index (χ4v) is 2.30. The van der Waals surface area contributed by atoms with Crippen molar-refractivity contribution >= 4 is 10.1 Å². The molecule has 0 aliphatic carbocycles. The summed E-state index contributed by atoms with van der Waals surface area (Å²) in [6, 6.07) is 5.05. The molecule has 0 fully saturated rings. The predicted molar refractivity (Wildman–Crippen MR) is 69.4 cm³/mol. The van der Waals surface area contributed by atoms with E-state index in [2.05, 4.69) is 4.18 Å². The van der Waals surface area contributed by atoms with Crippen LogP contribution in [0.1, 0.15) is 31.9 Å². The van der Waals surface area contributed by atoms with Crippen molar-refractivity contribution in [3.8, 4) is 0 Å². The van der Waals surface area contributed by atoms with Gasteiger partial charge in [-0.3, -0.25) is 4.18 Å². The van der Waals surface area contributed by atoms with Crippen molar-refractivity contribution in [1.29, 1.82) is 0 Å². The van der Waals surface area contributed by atoms with Gasteiger partial charge in [0.2, 0.25) is 0 Å². The number of rotatable bonds is 4. The van der Waals surface area contributed by atoms with Gasteiger partial charge in [0.25, 0.3) is 0 Å². The molecule has 0 aliphatic rings. The van der Waals surface area contributed by atoms with Crippen LogP contribution in [0.2, 0.25) is 0 Å². The van der Waals surface area contributed by atoms with Gasteiger partial charge < -0.3 is 0 Å². The molecular formula is C13H18F2O3S. The molecule has 0 saturated heterocycles. The number of alkyl halides is 2. The van der Waals surface area contributed by atoms with Crippen LogP contribution in [0.5, 0.6) is 0 Å². The number of hydrogen-bond acceptors (Lipinski definition) is 3. The second-order valence-corrected chi connectivity index (χ2v) is 7.32. The lowest BCUT2D eigenvalue weighted by Gasteiger charge is -2.21. The molecule has 1 aromatic carbocycles. The molecule has 0 unspecified atom stereocenters. The fourth-order valence-electron chi connectivity index (χ4n) is 1.22. The fraction of sp³-hybridized carbons (Fsp3) is 0.538. The van der Waals surface area contributed by atoms with Gasteiger partial charge in [-0.1, -0.05) is 50.6 Å². The van der Waals surface area contributed by atoms with Gasteiger partial charge in [-0.05, 0) is 12.3 Å². The highest BCUT2D eigenvalue weighted by atomic mass is 32.2. The summed E-state index contributed by atoms with van der Waals surface area (Å²) in [5.41, 5.74) is -0.337. The molecule has 0 atom stereocenters. The largest absolute Gasteiger partial charge is 0.395 e. The van der Waals surface area contributed by atoms with E-state index in [1.54, 1.807) is 27.7 Å². The summed E-state index contributed by atoms with van der Waals surface area (Å²) in [6.45, 7) is 6.54. The van der Waals surface area contributed by atoms with E-state index in [1.165, 1.54) is 12.1 Å². The molecule has 19 heavy (non-hydrogen) atoms. The third-order valence-corrected chi connectivity index (χ3v) is 3.64. The number of halogens is 2. The molecule has 108 valence electrons. The first kappa shape index (κ1) is 16.0. The highest BCUT2D eigenvalue weighted by Gasteiger charge is 2.48. The summed E-state index contributed by atoms with van der Waals surface area (Å²) in [7, 11) is -4.99. The number of hydrogen-bond donors (Lipinski definition) is 0. The Labute approximate surface area is 112 Å². The monoisotopic (exact) mass is 292 g/mol. The summed E-state index contributed by atoms with van der Waals surface area (Å²) in [5, 5.41) is -4.05. The SMILES string of the molecule is Cc1ccc(C(F)(F)S(=O)(=O)OCC(C)(C)C)cc1. The van der Waals surface area contributed by atoms with Crippen molar-refractivity contribution in [2.24, 2.45) is 5.41 Å². The normalized spacial score (nSPS) is 13.6. The van der Waals surface area contributed by atoms with Crippen LogP contribution in [0.15, 0.2) is 24.3 Å². The van der Waals surface area contributed by atoms with E-state index in [0.717, 1.165) is 17.7 Å². The Morgan fingerprint density at radius 2 is 1.58 bits per heavy atom. The van der Waals surface area contributed by atoms with Crippen LogP contribution in [0.25, 0.3) is 0 Å². The highest BCUT2D eigenvalue weighted by molar-refractivity contribution is 7.87. The van der Waals surface area contributed by atoms with Crippen LogP contribution in [0.3, 0.4) is 0 Å². The van der Waals surface area contributed by atoms with Crippen molar-refractivity contribution < 1.29 is 21.4 Å². The van der Waals surface area contributed by atoms with Gasteiger partial charge in [0, 0.05) is 5.56 Å². The summed E-state index contributed by atoms with van der Waals surface area (Å²) in [5.74, 6) is 0. The van der Waals surface area contributed by atoms with Gasteiger partial charge in [0.15, 0.2) is 0 Å². The Bertz CT molecular complexity index is 528. The van der Waals surface area contributed by atoms with Gasteiger partial charge in [-0.2, -0.15) is 17.2 Å². The molecule has 6 heteroatoms. The highest BCUT2D eigenvalue weighted by Crippen LogP contribution is 2.36. The lowest BCUT2D eigenvalue weighted by molar-refractivity contribution is 0.0644. The van der Waals surface area contributed by atoms with Gasteiger partial charge in [0.05, 0.1) is 6.61 Å². The zero-order chi connectivity index (χ0) is 14.9. The lowest BCUT2D eigenvalue weighted by atomic mass is 9.99. The molecule has 0 aromatic heterocycles. The molecule has 0 spiro atoms. The van der Waals surface area contributed by atoms with Gasteiger partial charge in [0.1, 0.15) is 0 Å². The van der Waals surface area contributed by atoms with E-state index in [-0.39, 0.29) is 6.61 Å². The first-order valence-electron chi connectivity index (χ1n) is 5.80. The van der Waals surface area contributed by atoms with E-state index < -0.39 is 26.4 Å². The average Bonchev–Trinajstić information content (AvgIpc) is 2.26. The minimum atomic E-state index is -4.99. The molecule has 0 aliphatic heterocycles. The van der Waals surface area contributed by atoms with Crippen LogP contribution in [0.4, 0.5) is 8.78 Å². The Morgan fingerprint density at radius 1 is 1.11 bits per heavy atom. The van der Waals surface area contributed by atoms with E-state index in [1.807, 2.05) is 0 Å². The summed E-state index contributed by atoms with van der Waals surface area (Å²) in [4.78, 5) is 0. The Balaban J connectivity index is 3.01. The van der Waals surface area contributed by atoms with Crippen LogP contribution in [-0.2, 0) is 19.6 Å². The van der Waals surface area contributed by atoms with Crippen molar-refractivity contribution in [3.05, 3.63) is 35.4 Å². The van der Waals surface area contributed by atoms with Gasteiger partial charge in [-0.25, -0.2) is 0 Å².